The van der Waals surface area contributed by atoms with Crippen LogP contribution < -0.4 is 14.9 Å². The van der Waals surface area contributed by atoms with Gasteiger partial charge in [0.1, 0.15) is 12.1 Å². The molecule has 0 aliphatic rings. The molecule has 2 heterocycles. The van der Waals surface area contributed by atoms with Gasteiger partial charge in [0.15, 0.2) is 10.6 Å². The number of aryl methyl sites for hydroxylation is 2. The number of carbonyl (C=O) groups excluding carboxylic acids is 1. The van der Waals surface area contributed by atoms with Crippen molar-refractivity contribution in [2.24, 2.45) is 4.99 Å². The Morgan fingerprint density at radius 2 is 1.81 bits per heavy atom. The van der Waals surface area contributed by atoms with E-state index in [9.17, 15) is 18.0 Å². The Balaban J connectivity index is 1.16. The minimum Gasteiger partial charge on any atom is -0.406 e. The highest BCUT2D eigenvalue weighted by Gasteiger charge is 2.31. The maximum atomic E-state index is 12.7. The van der Waals surface area contributed by atoms with Gasteiger partial charge in [-0.1, -0.05) is 49.4 Å². The Bertz CT molecular complexity index is 1740. The molecule has 0 saturated heterocycles. The molecular formula is C31H29F3N6O2S. The second-order valence-corrected chi connectivity index (χ2v) is 10.7. The summed E-state index contributed by atoms with van der Waals surface area (Å²) in [5.74, 6) is 0.177. The molecule has 5 aromatic rings. The van der Waals surface area contributed by atoms with Crippen molar-refractivity contribution in [3.05, 3.63) is 107 Å². The van der Waals surface area contributed by atoms with Gasteiger partial charge < -0.3 is 10.1 Å². The van der Waals surface area contributed by atoms with Crippen LogP contribution in [0.1, 0.15) is 31.4 Å². The lowest BCUT2D eigenvalue weighted by Crippen LogP contribution is -2.32. The first-order valence-electron chi connectivity index (χ1n) is 13.7. The van der Waals surface area contributed by atoms with E-state index in [2.05, 4.69) is 38.1 Å². The number of urea groups is 1. The SMILES string of the molecule is CCc1ccccc1-n1ccs/c1=N\C(=O)NC(C)CCc1ccc(-c2ncn(-c3ccc(OC(F)(F)F)cc3)n2)cc1. The monoisotopic (exact) mass is 606 g/mol. The first-order chi connectivity index (χ1) is 20.7. The molecule has 0 radical (unpaired) electrons. The molecule has 1 atom stereocenters. The summed E-state index contributed by atoms with van der Waals surface area (Å²) in [5, 5.41) is 9.32. The summed E-state index contributed by atoms with van der Waals surface area (Å²) in [7, 11) is 0. The molecule has 5 rings (SSSR count). The van der Waals surface area contributed by atoms with Gasteiger partial charge in [-0.3, -0.25) is 4.57 Å². The van der Waals surface area contributed by atoms with Crippen LogP contribution in [0, 0.1) is 0 Å². The quantitative estimate of drug-likeness (QED) is 0.198. The highest BCUT2D eigenvalue weighted by atomic mass is 32.1. The molecule has 1 unspecified atom stereocenters. The van der Waals surface area contributed by atoms with E-state index in [0.29, 0.717) is 16.3 Å². The molecule has 222 valence electrons. The summed E-state index contributed by atoms with van der Waals surface area (Å²) < 4.78 is 44.5. The topological polar surface area (TPSA) is 86.3 Å². The van der Waals surface area contributed by atoms with Crippen molar-refractivity contribution in [3.63, 3.8) is 0 Å². The van der Waals surface area contributed by atoms with Crippen LogP contribution in [0.25, 0.3) is 22.8 Å². The second kappa shape index (κ2) is 13.1. The van der Waals surface area contributed by atoms with Gasteiger partial charge >= 0.3 is 12.4 Å². The first kappa shape index (κ1) is 29.8. The summed E-state index contributed by atoms with van der Waals surface area (Å²) in [6.45, 7) is 4.05. The highest BCUT2D eigenvalue weighted by molar-refractivity contribution is 7.07. The molecule has 0 saturated carbocycles. The predicted octanol–water partition coefficient (Wildman–Crippen LogP) is 6.88. The summed E-state index contributed by atoms with van der Waals surface area (Å²) in [6.07, 6.45) is 1.03. The van der Waals surface area contributed by atoms with Crippen LogP contribution in [0.2, 0.25) is 0 Å². The lowest BCUT2D eigenvalue weighted by atomic mass is 10.0. The third kappa shape index (κ3) is 7.77. The fourth-order valence-electron chi connectivity index (χ4n) is 4.51. The van der Waals surface area contributed by atoms with Crippen LogP contribution in [-0.2, 0) is 12.8 Å². The number of carbonyl (C=O) groups is 1. The summed E-state index contributed by atoms with van der Waals surface area (Å²) in [6, 6.07) is 20.8. The van der Waals surface area contributed by atoms with Crippen molar-refractivity contribution in [2.75, 3.05) is 0 Å². The number of nitrogens with zero attached hydrogens (tertiary/aromatic N) is 5. The van der Waals surface area contributed by atoms with Crippen molar-refractivity contribution in [1.82, 2.24) is 24.6 Å². The van der Waals surface area contributed by atoms with E-state index in [4.69, 9.17) is 0 Å². The van der Waals surface area contributed by atoms with Gasteiger partial charge in [-0.15, -0.1) is 29.6 Å². The van der Waals surface area contributed by atoms with E-state index >= 15 is 0 Å². The Labute approximate surface area is 250 Å². The number of hydrogen-bond donors (Lipinski definition) is 1. The molecule has 0 aliphatic heterocycles. The summed E-state index contributed by atoms with van der Waals surface area (Å²) >= 11 is 1.41. The molecule has 2 amide bonds. The Morgan fingerprint density at radius 1 is 1.07 bits per heavy atom. The van der Waals surface area contributed by atoms with Gasteiger partial charge in [0.2, 0.25) is 0 Å². The molecule has 3 aromatic carbocycles. The molecular weight excluding hydrogens is 577 g/mol. The number of nitrogens with one attached hydrogen (secondary N) is 1. The Hall–Kier alpha value is -4.71. The van der Waals surface area contributed by atoms with Crippen LogP contribution in [0.3, 0.4) is 0 Å². The zero-order valence-electron chi connectivity index (χ0n) is 23.5. The van der Waals surface area contributed by atoms with Gasteiger partial charge in [-0.25, -0.2) is 14.5 Å². The maximum absolute atomic E-state index is 12.7. The molecule has 12 heteroatoms. The molecule has 0 aliphatic carbocycles. The van der Waals surface area contributed by atoms with Crippen molar-refractivity contribution in [1.29, 1.82) is 0 Å². The van der Waals surface area contributed by atoms with Crippen LogP contribution in [-0.4, -0.2) is 37.8 Å². The van der Waals surface area contributed by atoms with Gasteiger partial charge in [-0.2, -0.15) is 4.99 Å². The van der Waals surface area contributed by atoms with Crippen LogP contribution in [0.5, 0.6) is 5.75 Å². The van der Waals surface area contributed by atoms with Crippen molar-refractivity contribution in [3.8, 4) is 28.5 Å². The third-order valence-electron chi connectivity index (χ3n) is 6.69. The third-order valence-corrected chi connectivity index (χ3v) is 7.45. The molecule has 1 N–H and O–H groups in total. The zero-order chi connectivity index (χ0) is 30.4. The number of thiazole rings is 1. The standard InChI is InChI=1S/C31H29F3N6O2S/c1-3-23-6-4-5-7-27(23)39-18-19-43-30(39)37-29(41)36-21(2)8-9-22-10-12-24(13-11-22)28-35-20-40(38-28)25-14-16-26(17-15-25)42-31(32,33)34/h4-7,10-21H,3,8-9H2,1-2H3,(H,36,41)/b37-30-. The molecule has 0 fully saturated rings. The summed E-state index contributed by atoms with van der Waals surface area (Å²) in [5.41, 5.74) is 4.64. The van der Waals surface area contributed by atoms with Gasteiger partial charge in [0.05, 0.1) is 11.4 Å². The molecule has 0 bridgehead atoms. The number of ether oxygens (including phenoxy) is 1. The molecule has 0 spiro atoms. The zero-order valence-corrected chi connectivity index (χ0v) is 24.3. The fraction of sp³-hybridized carbons (Fsp3) is 0.226. The number of halogens is 3. The number of benzene rings is 3. The number of rotatable bonds is 9. The van der Waals surface area contributed by atoms with Gasteiger partial charge in [0.25, 0.3) is 0 Å². The number of alkyl halides is 3. The molecule has 43 heavy (non-hydrogen) atoms. The minimum atomic E-state index is -4.74. The van der Waals surface area contributed by atoms with E-state index in [0.717, 1.165) is 36.1 Å². The van der Waals surface area contributed by atoms with E-state index in [1.54, 1.807) is 0 Å². The summed E-state index contributed by atoms with van der Waals surface area (Å²) in [4.78, 5) is 22.0. The molecule has 8 nitrogen and oxygen atoms in total. The van der Waals surface area contributed by atoms with Crippen molar-refractivity contribution >= 4 is 17.4 Å². The Morgan fingerprint density at radius 3 is 2.53 bits per heavy atom. The van der Waals surface area contributed by atoms with Crippen LogP contribution in [0.15, 0.2) is 95.7 Å². The van der Waals surface area contributed by atoms with Gasteiger partial charge in [0, 0.05) is 23.2 Å². The number of hydrogen-bond acceptors (Lipinski definition) is 5. The number of para-hydroxylation sites is 1. The van der Waals surface area contributed by atoms with E-state index < -0.39 is 6.36 Å². The number of aromatic nitrogens is 4. The average Bonchev–Trinajstić information content (AvgIpc) is 3.66. The minimum absolute atomic E-state index is 0.0856. The van der Waals surface area contributed by atoms with Crippen LogP contribution >= 0.6 is 11.3 Å². The normalized spacial score (nSPS) is 12.7. The fourth-order valence-corrected chi connectivity index (χ4v) is 5.22. The Kier molecular flexibility index (Phi) is 9.05. The smallest absolute Gasteiger partial charge is 0.406 e. The lowest BCUT2D eigenvalue weighted by Gasteiger charge is -2.12. The average molecular weight is 607 g/mol. The highest BCUT2D eigenvalue weighted by Crippen LogP contribution is 2.24. The van der Waals surface area contributed by atoms with Crippen molar-refractivity contribution in [2.45, 2.75) is 45.5 Å². The second-order valence-electron chi connectivity index (χ2n) is 9.79. The van der Waals surface area contributed by atoms with E-state index in [1.807, 2.05) is 65.5 Å². The first-order valence-corrected chi connectivity index (χ1v) is 14.5. The van der Waals surface area contributed by atoms with Crippen LogP contribution in [0.4, 0.5) is 18.0 Å². The van der Waals surface area contributed by atoms with E-state index in [-0.39, 0.29) is 17.8 Å². The largest absolute Gasteiger partial charge is 0.573 e. The number of amides is 2. The predicted molar refractivity (Wildman–Crippen MR) is 158 cm³/mol. The van der Waals surface area contributed by atoms with Crippen molar-refractivity contribution < 1.29 is 22.7 Å². The van der Waals surface area contributed by atoms with Gasteiger partial charge in [-0.05, 0) is 67.6 Å². The molecule has 2 aromatic heterocycles. The maximum Gasteiger partial charge on any atom is 0.573 e. The van der Waals surface area contributed by atoms with E-state index in [1.165, 1.54) is 52.2 Å². The lowest BCUT2D eigenvalue weighted by molar-refractivity contribution is -0.274.